The molecule has 2 heteroatoms. The number of unbranched alkanes of at least 4 members (excludes halogenated alkanes) is 3. The minimum absolute atomic E-state index is 0.631. The van der Waals surface area contributed by atoms with Gasteiger partial charge in [-0.15, -0.1) is 0 Å². The highest BCUT2D eigenvalue weighted by molar-refractivity contribution is 9.10. The summed E-state index contributed by atoms with van der Waals surface area (Å²) in [7, 11) is 0. The van der Waals surface area contributed by atoms with E-state index in [1.807, 2.05) is 0 Å². The van der Waals surface area contributed by atoms with Crippen LogP contribution >= 0.6 is 15.9 Å². The summed E-state index contributed by atoms with van der Waals surface area (Å²) < 4.78 is 1.19. The van der Waals surface area contributed by atoms with Crippen LogP contribution in [0.15, 0.2) is 28.7 Å². The first-order valence-corrected chi connectivity index (χ1v) is 8.53. The van der Waals surface area contributed by atoms with E-state index in [2.05, 4.69) is 59.4 Å². The summed E-state index contributed by atoms with van der Waals surface area (Å²) in [5, 5.41) is 3.70. The minimum Gasteiger partial charge on any atom is -0.314 e. The Kier molecular flexibility index (Phi) is 9.19. The molecule has 1 rings (SSSR count). The van der Waals surface area contributed by atoms with Crippen molar-refractivity contribution in [1.29, 1.82) is 0 Å². The Morgan fingerprint density at radius 3 is 2.63 bits per heavy atom. The summed E-state index contributed by atoms with van der Waals surface area (Å²) in [4.78, 5) is 0. The Morgan fingerprint density at radius 2 is 1.95 bits per heavy atom. The molecule has 1 N–H and O–H groups in total. The standard InChI is InChI=1S/C17H28BrN/c1-3-5-6-7-11-17(19-12-4-2)14-15-9-8-10-16(18)13-15/h8-10,13,17,19H,3-7,11-12,14H2,1-2H3. The van der Waals surface area contributed by atoms with Crippen molar-refractivity contribution in [2.75, 3.05) is 6.54 Å². The highest BCUT2D eigenvalue weighted by Crippen LogP contribution is 2.15. The molecule has 1 unspecified atom stereocenters. The van der Waals surface area contributed by atoms with E-state index in [1.54, 1.807) is 0 Å². The SMILES string of the molecule is CCCCCCC(Cc1cccc(Br)c1)NCCC. The fourth-order valence-electron chi connectivity index (χ4n) is 2.39. The van der Waals surface area contributed by atoms with Crippen molar-refractivity contribution in [3.05, 3.63) is 34.3 Å². The van der Waals surface area contributed by atoms with E-state index in [4.69, 9.17) is 0 Å². The Bertz CT molecular complexity index is 338. The van der Waals surface area contributed by atoms with Crippen LogP contribution in [-0.2, 0) is 6.42 Å². The van der Waals surface area contributed by atoms with Gasteiger partial charge in [0.2, 0.25) is 0 Å². The average molecular weight is 326 g/mol. The minimum atomic E-state index is 0.631. The molecule has 0 heterocycles. The molecule has 1 aromatic rings. The first-order chi connectivity index (χ1) is 9.26. The molecule has 1 atom stereocenters. The monoisotopic (exact) mass is 325 g/mol. The Hall–Kier alpha value is -0.340. The van der Waals surface area contributed by atoms with Crippen LogP contribution in [0.25, 0.3) is 0 Å². The number of rotatable bonds is 10. The van der Waals surface area contributed by atoms with E-state index in [9.17, 15) is 0 Å². The van der Waals surface area contributed by atoms with E-state index < -0.39 is 0 Å². The molecule has 108 valence electrons. The summed E-state index contributed by atoms with van der Waals surface area (Å²) in [6, 6.07) is 9.34. The lowest BCUT2D eigenvalue weighted by atomic mass is 10.00. The molecule has 19 heavy (non-hydrogen) atoms. The molecule has 0 aliphatic heterocycles. The Balaban J connectivity index is 2.43. The summed E-state index contributed by atoms with van der Waals surface area (Å²) in [5.41, 5.74) is 1.43. The van der Waals surface area contributed by atoms with Gasteiger partial charge < -0.3 is 5.32 Å². The number of halogens is 1. The molecule has 0 aliphatic rings. The van der Waals surface area contributed by atoms with Gasteiger partial charge >= 0.3 is 0 Å². The predicted molar refractivity (Wildman–Crippen MR) is 88.7 cm³/mol. The number of benzene rings is 1. The van der Waals surface area contributed by atoms with Crippen LogP contribution in [0, 0.1) is 0 Å². The first-order valence-electron chi connectivity index (χ1n) is 7.74. The molecule has 0 amide bonds. The van der Waals surface area contributed by atoms with E-state index in [1.165, 1.54) is 48.6 Å². The zero-order valence-corrected chi connectivity index (χ0v) is 14.0. The van der Waals surface area contributed by atoms with Gasteiger partial charge in [-0.05, 0) is 43.5 Å². The molecule has 0 radical (unpaired) electrons. The third-order valence-corrected chi connectivity index (χ3v) is 3.95. The molecule has 0 fully saturated rings. The van der Waals surface area contributed by atoms with E-state index in [-0.39, 0.29) is 0 Å². The molecular weight excluding hydrogens is 298 g/mol. The zero-order chi connectivity index (χ0) is 13.9. The van der Waals surface area contributed by atoms with Gasteiger partial charge in [0.05, 0.1) is 0 Å². The lowest BCUT2D eigenvalue weighted by Crippen LogP contribution is -2.31. The Morgan fingerprint density at radius 1 is 1.11 bits per heavy atom. The molecule has 0 bridgehead atoms. The predicted octanol–water partition coefficient (Wildman–Crippen LogP) is 5.33. The lowest BCUT2D eigenvalue weighted by Gasteiger charge is -2.18. The largest absolute Gasteiger partial charge is 0.314 e. The summed E-state index contributed by atoms with van der Waals surface area (Å²) >= 11 is 3.56. The molecule has 1 nitrogen and oxygen atoms in total. The van der Waals surface area contributed by atoms with Crippen molar-refractivity contribution in [3.63, 3.8) is 0 Å². The second-order valence-electron chi connectivity index (χ2n) is 5.33. The van der Waals surface area contributed by atoms with Gasteiger partial charge in [-0.3, -0.25) is 0 Å². The van der Waals surface area contributed by atoms with E-state index in [0.29, 0.717) is 6.04 Å². The van der Waals surface area contributed by atoms with Crippen molar-refractivity contribution in [1.82, 2.24) is 5.32 Å². The van der Waals surface area contributed by atoms with Gasteiger partial charge in [-0.25, -0.2) is 0 Å². The highest BCUT2D eigenvalue weighted by Gasteiger charge is 2.08. The van der Waals surface area contributed by atoms with Crippen LogP contribution in [0.3, 0.4) is 0 Å². The van der Waals surface area contributed by atoms with Gasteiger partial charge in [-0.1, -0.05) is 67.6 Å². The van der Waals surface area contributed by atoms with Crippen molar-refractivity contribution in [3.8, 4) is 0 Å². The fourth-order valence-corrected chi connectivity index (χ4v) is 2.84. The normalized spacial score (nSPS) is 12.6. The maximum Gasteiger partial charge on any atom is 0.0178 e. The third-order valence-electron chi connectivity index (χ3n) is 3.46. The number of hydrogen-bond acceptors (Lipinski definition) is 1. The first kappa shape index (κ1) is 16.7. The van der Waals surface area contributed by atoms with Crippen LogP contribution in [0.5, 0.6) is 0 Å². The van der Waals surface area contributed by atoms with Crippen LogP contribution in [0.2, 0.25) is 0 Å². The topological polar surface area (TPSA) is 12.0 Å². The molecule has 0 spiro atoms. The molecular formula is C17H28BrN. The molecule has 0 saturated carbocycles. The molecule has 1 aromatic carbocycles. The molecule has 0 saturated heterocycles. The second kappa shape index (κ2) is 10.4. The van der Waals surface area contributed by atoms with Crippen molar-refractivity contribution in [2.45, 2.75) is 64.8 Å². The summed E-state index contributed by atoms with van der Waals surface area (Å²) in [6.45, 7) is 5.64. The van der Waals surface area contributed by atoms with Crippen LogP contribution in [-0.4, -0.2) is 12.6 Å². The number of hydrogen-bond donors (Lipinski definition) is 1. The quantitative estimate of drug-likeness (QED) is 0.573. The summed E-state index contributed by atoms with van der Waals surface area (Å²) in [6.07, 6.45) is 9.07. The van der Waals surface area contributed by atoms with Crippen molar-refractivity contribution in [2.24, 2.45) is 0 Å². The lowest BCUT2D eigenvalue weighted by molar-refractivity contribution is 0.453. The fraction of sp³-hybridized carbons (Fsp3) is 0.647. The van der Waals surface area contributed by atoms with Crippen molar-refractivity contribution >= 4 is 15.9 Å². The third kappa shape index (κ3) is 7.74. The Labute approximate surface area is 127 Å². The van der Waals surface area contributed by atoms with Gasteiger partial charge in [0.25, 0.3) is 0 Å². The molecule has 0 aliphatic carbocycles. The van der Waals surface area contributed by atoms with Crippen LogP contribution < -0.4 is 5.32 Å². The second-order valence-corrected chi connectivity index (χ2v) is 6.25. The molecule has 0 aromatic heterocycles. The van der Waals surface area contributed by atoms with Gasteiger partial charge in [0, 0.05) is 10.5 Å². The zero-order valence-electron chi connectivity index (χ0n) is 12.4. The van der Waals surface area contributed by atoms with Crippen LogP contribution in [0.4, 0.5) is 0 Å². The van der Waals surface area contributed by atoms with Gasteiger partial charge in [-0.2, -0.15) is 0 Å². The summed E-state index contributed by atoms with van der Waals surface area (Å²) in [5.74, 6) is 0. The average Bonchev–Trinajstić information content (AvgIpc) is 2.40. The highest BCUT2D eigenvalue weighted by atomic mass is 79.9. The number of nitrogens with one attached hydrogen (secondary N) is 1. The maximum atomic E-state index is 3.70. The van der Waals surface area contributed by atoms with E-state index in [0.717, 1.165) is 13.0 Å². The smallest absolute Gasteiger partial charge is 0.0178 e. The van der Waals surface area contributed by atoms with E-state index >= 15 is 0 Å². The van der Waals surface area contributed by atoms with Gasteiger partial charge in [0.15, 0.2) is 0 Å². The maximum absolute atomic E-state index is 3.70. The van der Waals surface area contributed by atoms with Crippen molar-refractivity contribution < 1.29 is 0 Å². The van der Waals surface area contributed by atoms with Gasteiger partial charge in [0.1, 0.15) is 0 Å². The van der Waals surface area contributed by atoms with Crippen LogP contribution in [0.1, 0.15) is 57.9 Å².